The molecule has 1 fully saturated rings. The fourth-order valence-corrected chi connectivity index (χ4v) is 2.58. The Hall–Kier alpha value is -0.220. The van der Waals surface area contributed by atoms with Gasteiger partial charge in [0.1, 0.15) is 0 Å². The van der Waals surface area contributed by atoms with Crippen LogP contribution < -0.4 is 0 Å². The molecule has 0 spiro atoms. The highest BCUT2D eigenvalue weighted by atomic mass is 32.2. The average Bonchev–Trinajstić information content (AvgIpc) is 2.27. The highest BCUT2D eigenvalue weighted by molar-refractivity contribution is 7.96. The number of rotatable bonds is 3. The maximum atomic E-state index is 11.8. The summed E-state index contributed by atoms with van der Waals surface area (Å²) in [4.78, 5) is 13.7. The van der Waals surface area contributed by atoms with Crippen molar-refractivity contribution in [2.24, 2.45) is 5.92 Å². The van der Waals surface area contributed by atoms with E-state index in [9.17, 15) is 4.79 Å². The van der Waals surface area contributed by atoms with Crippen molar-refractivity contribution in [3.05, 3.63) is 0 Å². The number of nitrogens with zero attached hydrogens (tertiary/aromatic N) is 2. The van der Waals surface area contributed by atoms with Crippen molar-refractivity contribution in [1.29, 1.82) is 0 Å². The first-order valence-corrected chi connectivity index (χ1v) is 6.80. The molecular formula is C11H22N2OS. The van der Waals surface area contributed by atoms with Crippen LogP contribution in [0.15, 0.2) is 0 Å². The van der Waals surface area contributed by atoms with Crippen molar-refractivity contribution in [3.8, 4) is 0 Å². The number of piperidine rings is 1. The summed E-state index contributed by atoms with van der Waals surface area (Å²) in [6.45, 7) is 6.13. The van der Waals surface area contributed by atoms with Crippen LogP contribution in [-0.2, 0) is 4.79 Å². The zero-order valence-corrected chi connectivity index (χ0v) is 11.0. The molecular weight excluding hydrogens is 208 g/mol. The zero-order valence-electron chi connectivity index (χ0n) is 10.2. The topological polar surface area (TPSA) is 23.6 Å². The van der Waals surface area contributed by atoms with Crippen molar-refractivity contribution in [1.82, 2.24) is 9.21 Å². The Bertz CT molecular complexity index is 213. The first-order valence-electron chi connectivity index (χ1n) is 5.62. The van der Waals surface area contributed by atoms with E-state index in [2.05, 4.69) is 10.6 Å². The van der Waals surface area contributed by atoms with E-state index in [1.165, 1.54) is 0 Å². The minimum atomic E-state index is 0.119. The van der Waals surface area contributed by atoms with E-state index >= 15 is 0 Å². The van der Waals surface area contributed by atoms with Gasteiger partial charge < -0.3 is 4.90 Å². The van der Waals surface area contributed by atoms with Crippen LogP contribution in [0.25, 0.3) is 0 Å². The number of carbonyl (C=O) groups is 1. The van der Waals surface area contributed by atoms with Crippen LogP contribution in [0, 0.1) is 5.92 Å². The lowest BCUT2D eigenvalue weighted by atomic mass is 10.0. The molecule has 0 aromatic carbocycles. The molecule has 4 heteroatoms. The first-order chi connectivity index (χ1) is 7.06. The summed E-state index contributed by atoms with van der Waals surface area (Å²) >= 11 is 1.80. The smallest absolute Gasteiger partial charge is 0.225 e. The number of hydrogen-bond acceptors (Lipinski definition) is 3. The predicted octanol–water partition coefficient (Wildman–Crippen LogP) is 1.84. The summed E-state index contributed by atoms with van der Waals surface area (Å²) in [6, 6.07) is 0.447. The molecule has 1 heterocycles. The molecule has 1 aliphatic rings. The summed E-state index contributed by atoms with van der Waals surface area (Å²) in [5.41, 5.74) is 0. The fraction of sp³-hybridized carbons (Fsp3) is 0.909. The Labute approximate surface area is 97.3 Å². The van der Waals surface area contributed by atoms with Gasteiger partial charge in [0.2, 0.25) is 5.91 Å². The molecule has 0 unspecified atom stereocenters. The molecule has 1 amide bonds. The first kappa shape index (κ1) is 12.8. The summed E-state index contributed by atoms with van der Waals surface area (Å²) in [7, 11) is 1.95. The third kappa shape index (κ3) is 3.38. The molecule has 0 aromatic rings. The quantitative estimate of drug-likeness (QED) is 0.691. The monoisotopic (exact) mass is 230 g/mol. The molecule has 0 saturated carbocycles. The second-order valence-corrected chi connectivity index (χ2v) is 5.33. The van der Waals surface area contributed by atoms with Gasteiger partial charge in [0.05, 0.1) is 0 Å². The van der Waals surface area contributed by atoms with E-state index in [1.54, 1.807) is 11.9 Å². The van der Waals surface area contributed by atoms with Crippen LogP contribution in [0.1, 0.15) is 26.7 Å². The van der Waals surface area contributed by atoms with Gasteiger partial charge in [-0.2, -0.15) is 0 Å². The van der Waals surface area contributed by atoms with E-state index < -0.39 is 0 Å². The Morgan fingerprint density at radius 1 is 1.40 bits per heavy atom. The lowest BCUT2D eigenvalue weighted by Crippen LogP contribution is -2.45. The van der Waals surface area contributed by atoms with Gasteiger partial charge in [-0.25, -0.2) is 0 Å². The zero-order chi connectivity index (χ0) is 11.4. The number of hydrogen-bond donors (Lipinski definition) is 0. The van der Waals surface area contributed by atoms with Gasteiger partial charge in [-0.1, -0.05) is 25.8 Å². The van der Waals surface area contributed by atoms with E-state index in [1.807, 2.05) is 25.8 Å². The van der Waals surface area contributed by atoms with Gasteiger partial charge in [0, 0.05) is 32.1 Å². The van der Waals surface area contributed by atoms with E-state index in [0.717, 1.165) is 25.9 Å². The van der Waals surface area contributed by atoms with Crippen LogP contribution >= 0.6 is 11.9 Å². The second-order valence-electron chi connectivity index (χ2n) is 4.45. The second kappa shape index (κ2) is 5.75. The molecule has 0 radical (unpaired) electrons. The standard InChI is InChI=1S/C11H22N2OS/c1-9(2)11(14)12(3)10-5-7-13(15-4)8-6-10/h9-10H,5-8H2,1-4H3. The van der Waals surface area contributed by atoms with Crippen LogP contribution in [0.4, 0.5) is 0 Å². The molecule has 1 rings (SSSR count). The highest BCUT2D eigenvalue weighted by Crippen LogP contribution is 2.20. The predicted molar refractivity (Wildman–Crippen MR) is 65.7 cm³/mol. The van der Waals surface area contributed by atoms with Crippen molar-refractivity contribution in [2.75, 3.05) is 26.4 Å². The minimum Gasteiger partial charge on any atom is -0.342 e. The van der Waals surface area contributed by atoms with E-state index in [-0.39, 0.29) is 11.8 Å². The Balaban J connectivity index is 2.42. The molecule has 0 aliphatic carbocycles. The van der Waals surface area contributed by atoms with Crippen molar-refractivity contribution in [2.45, 2.75) is 32.7 Å². The normalized spacial score (nSPS) is 19.5. The molecule has 0 bridgehead atoms. The number of carbonyl (C=O) groups excluding carboxylic acids is 1. The summed E-state index contributed by atoms with van der Waals surface area (Å²) in [5.74, 6) is 0.395. The van der Waals surface area contributed by atoms with Gasteiger partial charge >= 0.3 is 0 Å². The van der Waals surface area contributed by atoms with Crippen molar-refractivity contribution >= 4 is 17.9 Å². The van der Waals surface area contributed by atoms with Crippen LogP contribution in [-0.4, -0.2) is 47.5 Å². The Kier molecular flexibility index (Phi) is 4.93. The van der Waals surface area contributed by atoms with Gasteiger partial charge in [-0.3, -0.25) is 9.10 Å². The van der Waals surface area contributed by atoms with Gasteiger partial charge in [0.25, 0.3) is 0 Å². The maximum Gasteiger partial charge on any atom is 0.225 e. The molecule has 88 valence electrons. The lowest BCUT2D eigenvalue weighted by molar-refractivity contribution is -0.135. The van der Waals surface area contributed by atoms with Gasteiger partial charge in [-0.15, -0.1) is 0 Å². The molecule has 3 nitrogen and oxygen atoms in total. The molecule has 1 saturated heterocycles. The summed E-state index contributed by atoms with van der Waals surface area (Å²) in [5, 5.41) is 0. The lowest BCUT2D eigenvalue weighted by Gasteiger charge is -2.36. The van der Waals surface area contributed by atoms with Crippen LogP contribution in [0.3, 0.4) is 0 Å². The third-order valence-electron chi connectivity index (χ3n) is 3.07. The van der Waals surface area contributed by atoms with E-state index in [0.29, 0.717) is 6.04 Å². The Morgan fingerprint density at radius 3 is 2.33 bits per heavy atom. The average molecular weight is 230 g/mol. The SMILES string of the molecule is CSN1CCC(N(C)C(=O)C(C)C)CC1. The summed E-state index contributed by atoms with van der Waals surface area (Å²) in [6.07, 6.45) is 4.33. The van der Waals surface area contributed by atoms with Crippen molar-refractivity contribution in [3.63, 3.8) is 0 Å². The molecule has 15 heavy (non-hydrogen) atoms. The Morgan fingerprint density at radius 2 is 1.93 bits per heavy atom. The van der Waals surface area contributed by atoms with E-state index in [4.69, 9.17) is 0 Å². The molecule has 1 aliphatic heterocycles. The number of amides is 1. The summed E-state index contributed by atoms with van der Waals surface area (Å²) < 4.78 is 2.37. The maximum absolute atomic E-state index is 11.8. The molecule has 0 atom stereocenters. The third-order valence-corrected chi connectivity index (χ3v) is 3.95. The van der Waals surface area contributed by atoms with Crippen LogP contribution in [0.5, 0.6) is 0 Å². The molecule has 0 N–H and O–H groups in total. The van der Waals surface area contributed by atoms with Crippen molar-refractivity contribution < 1.29 is 4.79 Å². The minimum absolute atomic E-state index is 0.119. The largest absolute Gasteiger partial charge is 0.342 e. The van der Waals surface area contributed by atoms with Crippen LogP contribution in [0.2, 0.25) is 0 Å². The highest BCUT2D eigenvalue weighted by Gasteiger charge is 2.25. The molecule has 0 aromatic heterocycles. The van der Waals surface area contributed by atoms with Gasteiger partial charge in [0.15, 0.2) is 0 Å². The fourth-order valence-electron chi connectivity index (χ4n) is 2.00. The van der Waals surface area contributed by atoms with Gasteiger partial charge in [-0.05, 0) is 19.1 Å².